The minimum absolute atomic E-state index is 0.104. The molecule has 0 aliphatic rings. The van der Waals surface area contributed by atoms with Gasteiger partial charge in [-0.3, -0.25) is 0 Å². The summed E-state index contributed by atoms with van der Waals surface area (Å²) in [5.41, 5.74) is 0. The number of ether oxygens (including phenoxy) is 1. The minimum Gasteiger partial charge on any atom is -0.395 e. The van der Waals surface area contributed by atoms with Crippen LogP contribution >= 0.6 is 0 Å². The van der Waals surface area contributed by atoms with Crippen LogP contribution in [0.3, 0.4) is 0 Å². The Labute approximate surface area is 95.3 Å². The molecular formula is C10H18N4O2. The first-order chi connectivity index (χ1) is 7.77. The second-order valence-electron chi connectivity index (χ2n) is 3.33. The summed E-state index contributed by atoms with van der Waals surface area (Å²) in [5, 5.41) is 11.9. The molecule has 0 saturated carbocycles. The van der Waals surface area contributed by atoms with Crippen molar-refractivity contribution in [1.82, 2.24) is 9.97 Å². The van der Waals surface area contributed by atoms with Gasteiger partial charge in [-0.25, -0.2) is 9.97 Å². The predicted molar refractivity (Wildman–Crippen MR) is 62.8 cm³/mol. The van der Waals surface area contributed by atoms with Crippen LogP contribution in [0.2, 0.25) is 0 Å². The topological polar surface area (TPSA) is 70.5 Å². The summed E-state index contributed by atoms with van der Waals surface area (Å²) in [6, 6.07) is 1.84. The third-order valence-electron chi connectivity index (χ3n) is 2.09. The number of methoxy groups -OCH3 is 1. The summed E-state index contributed by atoms with van der Waals surface area (Å²) in [4.78, 5) is 10.1. The number of nitrogens with one attached hydrogen (secondary N) is 1. The van der Waals surface area contributed by atoms with Crippen molar-refractivity contribution in [2.24, 2.45) is 0 Å². The van der Waals surface area contributed by atoms with Gasteiger partial charge in [0, 0.05) is 33.3 Å². The fourth-order valence-corrected chi connectivity index (χ4v) is 1.20. The van der Waals surface area contributed by atoms with Crippen LogP contribution in [-0.2, 0) is 4.74 Å². The molecule has 1 aromatic heterocycles. The molecule has 0 bridgehead atoms. The molecule has 0 spiro atoms. The van der Waals surface area contributed by atoms with Gasteiger partial charge in [-0.15, -0.1) is 0 Å². The van der Waals surface area contributed by atoms with Crippen molar-refractivity contribution in [2.45, 2.75) is 0 Å². The van der Waals surface area contributed by atoms with Crippen LogP contribution in [0.15, 0.2) is 12.4 Å². The number of hydrogen-bond donors (Lipinski definition) is 2. The molecule has 6 heteroatoms. The number of aliphatic hydroxyl groups is 1. The maximum absolute atomic E-state index is 8.82. The Bertz CT molecular complexity index is 309. The van der Waals surface area contributed by atoms with E-state index in [9.17, 15) is 0 Å². The Morgan fingerprint density at radius 2 is 2.31 bits per heavy atom. The van der Waals surface area contributed by atoms with Crippen LogP contribution < -0.4 is 10.2 Å². The predicted octanol–water partition coefficient (Wildman–Crippen LogP) is -0.0366. The lowest BCUT2D eigenvalue weighted by atomic mass is 10.4. The average Bonchev–Trinajstić information content (AvgIpc) is 2.30. The normalized spacial score (nSPS) is 10.2. The first kappa shape index (κ1) is 12.7. The number of nitrogens with zero attached hydrogens (tertiary/aromatic N) is 3. The summed E-state index contributed by atoms with van der Waals surface area (Å²) >= 11 is 0. The monoisotopic (exact) mass is 226 g/mol. The van der Waals surface area contributed by atoms with Crippen LogP contribution in [0, 0.1) is 0 Å². The highest BCUT2D eigenvalue weighted by atomic mass is 16.5. The van der Waals surface area contributed by atoms with E-state index >= 15 is 0 Å². The Balaban J connectivity index is 2.56. The third kappa shape index (κ3) is 4.00. The first-order valence-corrected chi connectivity index (χ1v) is 5.14. The Kier molecular flexibility index (Phi) is 5.52. The van der Waals surface area contributed by atoms with Gasteiger partial charge in [0.1, 0.15) is 18.0 Å². The summed E-state index contributed by atoms with van der Waals surface area (Å²) in [6.45, 7) is 1.99. The van der Waals surface area contributed by atoms with Gasteiger partial charge in [-0.1, -0.05) is 0 Å². The highest BCUT2D eigenvalue weighted by molar-refractivity contribution is 5.47. The third-order valence-corrected chi connectivity index (χ3v) is 2.09. The van der Waals surface area contributed by atoms with Gasteiger partial charge in [-0.05, 0) is 0 Å². The zero-order valence-electron chi connectivity index (χ0n) is 9.68. The van der Waals surface area contributed by atoms with Gasteiger partial charge in [-0.2, -0.15) is 0 Å². The first-order valence-electron chi connectivity index (χ1n) is 5.14. The fourth-order valence-electron chi connectivity index (χ4n) is 1.20. The van der Waals surface area contributed by atoms with Crippen molar-refractivity contribution in [3.63, 3.8) is 0 Å². The van der Waals surface area contributed by atoms with E-state index in [4.69, 9.17) is 9.84 Å². The molecule has 1 rings (SSSR count). The van der Waals surface area contributed by atoms with Crippen molar-refractivity contribution in [1.29, 1.82) is 0 Å². The molecule has 0 fully saturated rings. The summed E-state index contributed by atoms with van der Waals surface area (Å²) in [6.07, 6.45) is 1.50. The molecule has 0 radical (unpaired) electrons. The maximum Gasteiger partial charge on any atom is 0.133 e. The average molecular weight is 226 g/mol. The molecule has 0 aliphatic carbocycles. The van der Waals surface area contributed by atoms with Crippen molar-refractivity contribution < 1.29 is 9.84 Å². The molecule has 0 aliphatic heterocycles. The van der Waals surface area contributed by atoms with Gasteiger partial charge < -0.3 is 20.1 Å². The lowest BCUT2D eigenvalue weighted by Crippen LogP contribution is -2.22. The lowest BCUT2D eigenvalue weighted by Gasteiger charge is -2.16. The molecule has 0 amide bonds. The molecule has 0 atom stereocenters. The molecule has 6 nitrogen and oxygen atoms in total. The van der Waals surface area contributed by atoms with Crippen LogP contribution in [0.25, 0.3) is 0 Å². The summed E-state index contributed by atoms with van der Waals surface area (Å²) in [7, 11) is 3.53. The van der Waals surface area contributed by atoms with Gasteiger partial charge in [0.25, 0.3) is 0 Å². The number of aromatic nitrogens is 2. The SMILES string of the molecule is COCCNc1cc(N(C)CCO)ncn1. The quantitative estimate of drug-likeness (QED) is 0.636. The Hall–Kier alpha value is -1.40. The zero-order valence-corrected chi connectivity index (χ0v) is 9.68. The van der Waals surface area contributed by atoms with Crippen molar-refractivity contribution in [3.8, 4) is 0 Å². The molecule has 0 saturated heterocycles. The highest BCUT2D eigenvalue weighted by Crippen LogP contribution is 2.11. The van der Waals surface area contributed by atoms with E-state index in [-0.39, 0.29) is 6.61 Å². The second-order valence-corrected chi connectivity index (χ2v) is 3.33. The van der Waals surface area contributed by atoms with Crippen molar-refractivity contribution in [2.75, 3.05) is 50.7 Å². The molecule has 1 heterocycles. The Morgan fingerprint density at radius 1 is 1.50 bits per heavy atom. The summed E-state index contributed by atoms with van der Waals surface area (Å²) < 4.78 is 4.93. The van der Waals surface area contributed by atoms with E-state index in [2.05, 4.69) is 15.3 Å². The molecular weight excluding hydrogens is 208 g/mol. The van der Waals surface area contributed by atoms with Gasteiger partial charge >= 0.3 is 0 Å². The largest absolute Gasteiger partial charge is 0.395 e. The van der Waals surface area contributed by atoms with E-state index in [1.54, 1.807) is 7.11 Å². The lowest BCUT2D eigenvalue weighted by molar-refractivity contribution is 0.210. The summed E-state index contributed by atoms with van der Waals surface area (Å²) in [5.74, 6) is 1.54. The number of hydrogen-bond acceptors (Lipinski definition) is 6. The second kappa shape index (κ2) is 6.97. The van der Waals surface area contributed by atoms with E-state index < -0.39 is 0 Å². The minimum atomic E-state index is 0.104. The maximum atomic E-state index is 8.82. The van der Waals surface area contributed by atoms with E-state index in [0.29, 0.717) is 19.7 Å². The molecule has 2 N–H and O–H groups in total. The van der Waals surface area contributed by atoms with E-state index in [1.165, 1.54) is 6.33 Å². The molecule has 0 aromatic carbocycles. The van der Waals surface area contributed by atoms with Gasteiger partial charge in [0.05, 0.1) is 13.2 Å². The molecule has 1 aromatic rings. The van der Waals surface area contributed by atoms with E-state index in [1.807, 2.05) is 18.0 Å². The standard InChI is InChI=1S/C10H18N4O2/c1-14(4-5-15)10-7-9(12-8-13-10)11-3-6-16-2/h7-8,15H,3-6H2,1-2H3,(H,11,12,13). The van der Waals surface area contributed by atoms with E-state index in [0.717, 1.165) is 11.6 Å². The molecule has 90 valence electrons. The zero-order chi connectivity index (χ0) is 11.8. The number of anilines is 2. The smallest absolute Gasteiger partial charge is 0.133 e. The molecule has 0 unspecified atom stereocenters. The highest BCUT2D eigenvalue weighted by Gasteiger charge is 2.03. The number of likely N-dealkylation sites (N-methyl/N-ethyl adjacent to an activating group) is 1. The number of rotatable bonds is 7. The van der Waals surface area contributed by atoms with Gasteiger partial charge in [0.15, 0.2) is 0 Å². The van der Waals surface area contributed by atoms with Crippen LogP contribution in [0.1, 0.15) is 0 Å². The van der Waals surface area contributed by atoms with Crippen LogP contribution in [0.5, 0.6) is 0 Å². The molecule has 16 heavy (non-hydrogen) atoms. The van der Waals surface area contributed by atoms with Crippen molar-refractivity contribution >= 4 is 11.6 Å². The van der Waals surface area contributed by atoms with Crippen LogP contribution in [-0.4, -0.2) is 55.5 Å². The Morgan fingerprint density at radius 3 is 3.00 bits per heavy atom. The fraction of sp³-hybridized carbons (Fsp3) is 0.600. The van der Waals surface area contributed by atoms with Gasteiger partial charge in [0.2, 0.25) is 0 Å². The van der Waals surface area contributed by atoms with Crippen molar-refractivity contribution in [3.05, 3.63) is 12.4 Å². The number of aliphatic hydroxyl groups excluding tert-OH is 1. The van der Waals surface area contributed by atoms with Crippen LogP contribution in [0.4, 0.5) is 11.6 Å².